The van der Waals surface area contributed by atoms with E-state index in [2.05, 4.69) is 89.8 Å². The molecule has 0 N–H and O–H groups in total. The Kier molecular flexibility index (Phi) is 3.62. The van der Waals surface area contributed by atoms with Crippen molar-refractivity contribution in [2.45, 2.75) is 0 Å². The Hall–Kier alpha value is -4.57. The van der Waals surface area contributed by atoms with E-state index in [9.17, 15) is 4.79 Å². The number of para-hydroxylation sites is 3. The summed E-state index contributed by atoms with van der Waals surface area (Å²) in [5.41, 5.74) is 9.09. The summed E-state index contributed by atoms with van der Waals surface area (Å²) in [6, 6.07) is 40.0. The highest BCUT2D eigenvalue weighted by Gasteiger charge is 2.41. The monoisotopic (exact) mass is 446 g/mol. The van der Waals surface area contributed by atoms with Crippen molar-refractivity contribution in [3.63, 3.8) is 0 Å². The molecule has 35 heavy (non-hydrogen) atoms. The normalized spacial score (nSPS) is 13.1. The molecule has 0 radical (unpaired) electrons. The van der Waals surface area contributed by atoms with Crippen molar-refractivity contribution in [3.05, 3.63) is 126 Å². The first-order valence-corrected chi connectivity index (χ1v) is 12.0. The van der Waals surface area contributed by atoms with Crippen LogP contribution in [0.3, 0.4) is 0 Å². The van der Waals surface area contributed by atoms with Crippen LogP contribution in [0.5, 0.6) is 0 Å². The van der Waals surface area contributed by atoms with Gasteiger partial charge in [0.15, 0.2) is 0 Å². The maximum atomic E-state index is 14.0. The third kappa shape index (κ3) is 2.33. The molecule has 8 rings (SSSR count). The summed E-state index contributed by atoms with van der Waals surface area (Å²) >= 11 is 0. The molecule has 3 nitrogen and oxygen atoms in total. The van der Waals surface area contributed by atoms with Gasteiger partial charge in [0.2, 0.25) is 0 Å². The first kappa shape index (κ1) is 18.8. The van der Waals surface area contributed by atoms with E-state index in [0.29, 0.717) is 0 Å². The summed E-state index contributed by atoms with van der Waals surface area (Å²) in [6.45, 7) is 0.0571. The molecular weight excluding hydrogens is 427 g/mol. The van der Waals surface area contributed by atoms with Crippen LogP contribution >= 0.6 is 0 Å². The fourth-order valence-corrected chi connectivity index (χ4v) is 6.23. The first-order valence-electron chi connectivity index (χ1n) is 12.0. The van der Waals surface area contributed by atoms with Gasteiger partial charge in [-0.3, -0.25) is 9.36 Å². The van der Waals surface area contributed by atoms with Crippen molar-refractivity contribution < 1.29 is 0 Å². The van der Waals surface area contributed by atoms with Crippen molar-refractivity contribution in [2.24, 2.45) is 0 Å². The van der Waals surface area contributed by atoms with Crippen molar-refractivity contribution in [2.75, 3.05) is 4.90 Å². The maximum Gasteiger partial charge on any atom is 0.263 e. The van der Waals surface area contributed by atoms with E-state index in [0.717, 1.165) is 38.7 Å². The number of nitrogens with zero attached hydrogens (tertiary/aromatic N) is 2. The molecule has 0 spiro atoms. The van der Waals surface area contributed by atoms with Crippen LogP contribution in [0.4, 0.5) is 17.1 Å². The Morgan fingerprint density at radius 2 is 1.14 bits per heavy atom. The van der Waals surface area contributed by atoms with Crippen LogP contribution in [0.15, 0.2) is 120 Å². The summed E-state index contributed by atoms with van der Waals surface area (Å²) < 4.78 is 1.96. The van der Waals surface area contributed by atoms with Crippen LogP contribution in [0.2, 0.25) is 0 Å². The highest BCUT2D eigenvalue weighted by molar-refractivity contribution is 7.00. The fourth-order valence-electron chi connectivity index (χ4n) is 6.23. The number of fused-ring (bicyclic) bond motifs is 7. The van der Waals surface area contributed by atoms with Gasteiger partial charge in [-0.15, -0.1) is 0 Å². The molecule has 0 aliphatic carbocycles. The van der Waals surface area contributed by atoms with Crippen LogP contribution in [0, 0.1) is 0 Å². The van der Waals surface area contributed by atoms with E-state index in [-0.39, 0.29) is 12.3 Å². The summed E-state index contributed by atoms with van der Waals surface area (Å²) in [7, 11) is 0. The van der Waals surface area contributed by atoms with Crippen molar-refractivity contribution in [1.82, 2.24) is 4.57 Å². The van der Waals surface area contributed by atoms with Gasteiger partial charge in [-0.25, -0.2) is 0 Å². The van der Waals surface area contributed by atoms with E-state index < -0.39 is 0 Å². The third-order valence-corrected chi connectivity index (χ3v) is 7.59. The van der Waals surface area contributed by atoms with Crippen molar-refractivity contribution in [3.8, 4) is 5.69 Å². The number of rotatable bonds is 1. The molecule has 162 valence electrons. The van der Waals surface area contributed by atoms with E-state index in [1.54, 1.807) is 0 Å². The summed E-state index contributed by atoms with van der Waals surface area (Å²) in [4.78, 5) is 16.3. The van der Waals surface area contributed by atoms with Gasteiger partial charge in [0.1, 0.15) is 0 Å². The number of hydrogen-bond donors (Lipinski definition) is 0. The lowest BCUT2D eigenvalue weighted by molar-refractivity contribution is 1.07. The van der Waals surface area contributed by atoms with Gasteiger partial charge in [0.25, 0.3) is 12.3 Å². The largest absolute Gasteiger partial charge is 0.311 e. The highest BCUT2D eigenvalue weighted by Crippen LogP contribution is 2.39. The van der Waals surface area contributed by atoms with Gasteiger partial charge in [-0.2, -0.15) is 0 Å². The number of benzene rings is 5. The molecule has 0 amide bonds. The van der Waals surface area contributed by atoms with E-state index in [1.807, 2.05) is 34.9 Å². The molecule has 4 heteroatoms. The molecule has 6 aromatic rings. The average molecular weight is 446 g/mol. The fraction of sp³-hybridized carbons (Fsp3) is 0. The van der Waals surface area contributed by atoms with E-state index in [4.69, 9.17) is 0 Å². The minimum absolute atomic E-state index is 0.0394. The zero-order valence-electron chi connectivity index (χ0n) is 18.8. The van der Waals surface area contributed by atoms with E-state index in [1.165, 1.54) is 22.1 Å². The molecule has 1 aromatic heterocycles. The SMILES string of the molecule is O=c1c2ccccc2c2ccc3c4c2n1-c1ccccc1B4c1ccccc1N3c1ccccc1. The average Bonchev–Trinajstić information content (AvgIpc) is 2.93. The molecule has 0 saturated carbocycles. The van der Waals surface area contributed by atoms with Gasteiger partial charge < -0.3 is 4.90 Å². The smallest absolute Gasteiger partial charge is 0.263 e. The minimum atomic E-state index is 0.0394. The van der Waals surface area contributed by atoms with Crippen LogP contribution in [0.1, 0.15) is 0 Å². The zero-order chi connectivity index (χ0) is 23.1. The molecule has 2 aliphatic rings. The minimum Gasteiger partial charge on any atom is -0.311 e. The van der Waals surface area contributed by atoms with Gasteiger partial charge in [0.05, 0.1) is 5.52 Å². The second-order valence-corrected chi connectivity index (χ2v) is 9.30. The molecule has 5 aromatic carbocycles. The lowest BCUT2D eigenvalue weighted by Gasteiger charge is -2.40. The van der Waals surface area contributed by atoms with Gasteiger partial charge in [-0.05, 0) is 58.2 Å². The second kappa shape index (κ2) is 6.74. The Morgan fingerprint density at radius 3 is 1.94 bits per heavy atom. The number of anilines is 3. The maximum absolute atomic E-state index is 14.0. The second-order valence-electron chi connectivity index (χ2n) is 9.30. The van der Waals surface area contributed by atoms with Gasteiger partial charge >= 0.3 is 0 Å². The van der Waals surface area contributed by atoms with Crippen molar-refractivity contribution in [1.29, 1.82) is 0 Å². The summed E-state index contributed by atoms with van der Waals surface area (Å²) in [5, 5.41) is 2.88. The lowest BCUT2D eigenvalue weighted by atomic mass is 9.33. The van der Waals surface area contributed by atoms with Crippen LogP contribution in [-0.4, -0.2) is 11.3 Å². The summed E-state index contributed by atoms with van der Waals surface area (Å²) in [5.74, 6) is 0. The molecule has 0 saturated heterocycles. The molecule has 0 bridgehead atoms. The lowest BCUT2D eigenvalue weighted by Crippen LogP contribution is -2.61. The number of hydrogen-bond acceptors (Lipinski definition) is 2. The molecule has 0 fully saturated rings. The standard InChI is InChI=1S/C31H19BN2O/c35-31-23-13-5-4-12-21(23)22-18-19-28-29-30(22)34(31)27-17-9-7-15-25(27)32(29)24-14-6-8-16-26(24)33(28)20-10-2-1-3-11-20/h1-19H. The Morgan fingerprint density at radius 1 is 0.514 bits per heavy atom. The van der Waals surface area contributed by atoms with E-state index >= 15 is 0 Å². The molecule has 2 aliphatic heterocycles. The number of pyridine rings is 1. The number of aromatic nitrogens is 1. The van der Waals surface area contributed by atoms with Crippen molar-refractivity contribution >= 4 is 61.8 Å². The first-order chi connectivity index (χ1) is 17.3. The predicted molar refractivity (Wildman–Crippen MR) is 146 cm³/mol. The molecule has 3 heterocycles. The molecule has 0 atom stereocenters. The quantitative estimate of drug-likeness (QED) is 0.269. The highest BCUT2D eigenvalue weighted by atomic mass is 16.1. The zero-order valence-corrected chi connectivity index (χ0v) is 18.8. The third-order valence-electron chi connectivity index (χ3n) is 7.59. The van der Waals surface area contributed by atoms with Crippen LogP contribution in [-0.2, 0) is 0 Å². The summed E-state index contributed by atoms with van der Waals surface area (Å²) in [6.07, 6.45) is 0. The molecule has 0 unspecified atom stereocenters. The van der Waals surface area contributed by atoms with Crippen LogP contribution in [0.25, 0.3) is 27.4 Å². The Balaban J connectivity index is 1.63. The van der Waals surface area contributed by atoms with Gasteiger partial charge in [0, 0.05) is 33.5 Å². The van der Waals surface area contributed by atoms with Gasteiger partial charge in [-0.1, -0.05) is 78.9 Å². The predicted octanol–water partition coefficient (Wildman–Crippen LogP) is 4.76. The molecular formula is C31H19BN2O. The van der Waals surface area contributed by atoms with Crippen LogP contribution < -0.4 is 26.8 Å². The Labute approximate surface area is 202 Å². The Bertz CT molecular complexity index is 1890. The topological polar surface area (TPSA) is 25.2 Å².